The Balaban J connectivity index is 4.29. The lowest BCUT2D eigenvalue weighted by Gasteiger charge is -2.18. The van der Waals surface area contributed by atoms with Crippen molar-refractivity contribution in [1.29, 1.82) is 0 Å². The van der Waals surface area contributed by atoms with Crippen LogP contribution in [-0.2, 0) is 23.9 Å². The molecule has 0 aliphatic carbocycles. The fourth-order valence-corrected chi connectivity index (χ4v) is 6.24. The number of aliphatic carboxylic acids is 1. The fourth-order valence-electron chi connectivity index (χ4n) is 6.24. The molecule has 4 N–H and O–H groups in total. The molecule has 0 rings (SSSR count). The third-order valence-electron chi connectivity index (χ3n) is 9.51. The molecule has 0 aliphatic heterocycles. The van der Waals surface area contributed by atoms with E-state index in [1.807, 2.05) is 0 Å². The molecule has 2 unspecified atom stereocenters. The van der Waals surface area contributed by atoms with E-state index in [-0.39, 0.29) is 24.5 Å². The first-order chi connectivity index (χ1) is 24.8. The SMILES string of the molecule is CCCCC/C=C\CCCCCCCC(=O)OC(CCCCCCCCCCCCC)CCCCCCCC(=O)NCC(=O)NC(CO)C(=O)O. The molecule has 0 fully saturated rings. The van der Waals surface area contributed by atoms with Crippen LogP contribution in [0.2, 0.25) is 0 Å². The van der Waals surface area contributed by atoms with Crippen LogP contribution in [0.25, 0.3) is 0 Å². The van der Waals surface area contributed by atoms with Gasteiger partial charge in [0.15, 0.2) is 0 Å². The second kappa shape index (κ2) is 37.3. The third kappa shape index (κ3) is 34.4. The Kier molecular flexibility index (Phi) is 35.6. The molecule has 0 saturated carbocycles. The Labute approximate surface area is 311 Å². The number of hydrogen-bond acceptors (Lipinski definition) is 6. The summed E-state index contributed by atoms with van der Waals surface area (Å²) < 4.78 is 6.01. The number of hydrogen-bond donors (Lipinski definition) is 4. The zero-order chi connectivity index (χ0) is 37.6. The Morgan fingerprint density at radius 3 is 1.51 bits per heavy atom. The maximum atomic E-state index is 12.7. The first kappa shape index (κ1) is 48.6. The molecule has 0 spiro atoms. The van der Waals surface area contributed by atoms with Gasteiger partial charge in [-0.1, -0.05) is 142 Å². The van der Waals surface area contributed by atoms with Gasteiger partial charge in [0.25, 0.3) is 0 Å². The van der Waals surface area contributed by atoms with Crippen molar-refractivity contribution in [1.82, 2.24) is 10.6 Å². The largest absolute Gasteiger partial charge is 0.480 e. The summed E-state index contributed by atoms with van der Waals surface area (Å²) in [6.07, 6.45) is 38.0. The number of allylic oxidation sites excluding steroid dienone is 2. The van der Waals surface area contributed by atoms with E-state index in [0.717, 1.165) is 64.2 Å². The number of unbranched alkanes of at least 4 members (excludes halogenated alkanes) is 22. The number of carboxylic acids is 1. The number of carboxylic acid groups (broad SMARTS) is 1. The molecule has 0 saturated heterocycles. The van der Waals surface area contributed by atoms with Crippen molar-refractivity contribution in [2.75, 3.05) is 13.2 Å². The lowest BCUT2D eigenvalue weighted by atomic mass is 10.0. The molecule has 2 amide bonds. The van der Waals surface area contributed by atoms with E-state index in [4.69, 9.17) is 14.9 Å². The van der Waals surface area contributed by atoms with Gasteiger partial charge >= 0.3 is 11.9 Å². The molecule has 9 heteroatoms. The van der Waals surface area contributed by atoms with Gasteiger partial charge in [-0.3, -0.25) is 14.4 Å². The standard InChI is InChI=1S/C42H78N2O7/c1-3-5-7-9-11-13-15-17-19-21-26-30-34-41(48)51-37(31-27-23-20-18-16-14-12-10-8-6-4-2)32-28-24-22-25-29-33-39(46)43-35-40(47)44-38(36-45)42(49)50/h11,13,37-38,45H,3-10,12,14-36H2,1-2H3,(H,43,46)(H,44,47)(H,49,50)/b13-11-. The normalized spacial score (nSPS) is 12.5. The summed E-state index contributed by atoms with van der Waals surface area (Å²) in [5.74, 6) is -2.29. The van der Waals surface area contributed by atoms with Crippen molar-refractivity contribution in [3.05, 3.63) is 12.2 Å². The van der Waals surface area contributed by atoms with Gasteiger partial charge < -0.3 is 25.6 Å². The van der Waals surface area contributed by atoms with Crippen molar-refractivity contribution < 1.29 is 34.1 Å². The first-order valence-electron chi connectivity index (χ1n) is 21.1. The lowest BCUT2D eigenvalue weighted by molar-refractivity contribution is -0.150. The number of amides is 2. The molecule has 2 atom stereocenters. The molecule has 0 aliphatic rings. The Morgan fingerprint density at radius 2 is 1.00 bits per heavy atom. The summed E-state index contributed by atoms with van der Waals surface area (Å²) in [6, 6.07) is -1.38. The van der Waals surface area contributed by atoms with Crippen LogP contribution in [0.3, 0.4) is 0 Å². The predicted molar refractivity (Wildman–Crippen MR) is 209 cm³/mol. The topological polar surface area (TPSA) is 142 Å². The van der Waals surface area contributed by atoms with Crippen molar-refractivity contribution in [3.63, 3.8) is 0 Å². The number of aliphatic hydroxyl groups excluding tert-OH is 1. The summed E-state index contributed by atoms with van der Waals surface area (Å²) in [5.41, 5.74) is 0. The van der Waals surface area contributed by atoms with Gasteiger partial charge in [-0.05, 0) is 64.2 Å². The van der Waals surface area contributed by atoms with Crippen molar-refractivity contribution in [2.24, 2.45) is 0 Å². The van der Waals surface area contributed by atoms with E-state index < -0.39 is 24.5 Å². The molecule has 0 bridgehead atoms. The van der Waals surface area contributed by atoms with E-state index in [1.165, 1.54) is 109 Å². The van der Waals surface area contributed by atoms with E-state index >= 15 is 0 Å². The van der Waals surface area contributed by atoms with Crippen LogP contribution < -0.4 is 10.6 Å². The average Bonchev–Trinajstić information content (AvgIpc) is 3.11. The second-order valence-electron chi connectivity index (χ2n) is 14.4. The molecule has 0 aromatic heterocycles. The Bertz CT molecular complexity index is 879. The summed E-state index contributed by atoms with van der Waals surface area (Å²) in [6.45, 7) is 3.46. The van der Waals surface area contributed by atoms with E-state index in [1.54, 1.807) is 0 Å². The first-order valence-corrected chi connectivity index (χ1v) is 21.1. The minimum Gasteiger partial charge on any atom is -0.480 e. The lowest BCUT2D eigenvalue weighted by Crippen LogP contribution is -2.47. The summed E-state index contributed by atoms with van der Waals surface area (Å²) >= 11 is 0. The van der Waals surface area contributed by atoms with Crippen LogP contribution in [-0.4, -0.2) is 59.3 Å². The van der Waals surface area contributed by atoms with Gasteiger partial charge in [0, 0.05) is 12.8 Å². The van der Waals surface area contributed by atoms with Gasteiger partial charge in [-0.25, -0.2) is 4.79 Å². The van der Waals surface area contributed by atoms with Gasteiger partial charge in [0.2, 0.25) is 11.8 Å². The quantitative estimate of drug-likeness (QED) is 0.0282. The fraction of sp³-hybridized carbons (Fsp3) is 0.857. The number of ether oxygens (including phenoxy) is 1. The van der Waals surface area contributed by atoms with Gasteiger partial charge in [-0.15, -0.1) is 0 Å². The minimum atomic E-state index is -1.38. The van der Waals surface area contributed by atoms with Crippen molar-refractivity contribution in [2.45, 2.75) is 219 Å². The van der Waals surface area contributed by atoms with Gasteiger partial charge in [-0.2, -0.15) is 0 Å². The summed E-state index contributed by atoms with van der Waals surface area (Å²) in [5, 5.41) is 22.5. The van der Waals surface area contributed by atoms with Crippen LogP contribution >= 0.6 is 0 Å². The monoisotopic (exact) mass is 723 g/mol. The van der Waals surface area contributed by atoms with Crippen LogP contribution in [0.4, 0.5) is 0 Å². The molecule has 298 valence electrons. The van der Waals surface area contributed by atoms with E-state index in [2.05, 4.69) is 36.6 Å². The number of esters is 1. The molecule has 9 nitrogen and oxygen atoms in total. The zero-order valence-corrected chi connectivity index (χ0v) is 32.9. The molecular weight excluding hydrogens is 644 g/mol. The Morgan fingerprint density at radius 1 is 0.569 bits per heavy atom. The maximum Gasteiger partial charge on any atom is 0.328 e. The summed E-state index contributed by atoms with van der Waals surface area (Å²) in [4.78, 5) is 47.5. The maximum absolute atomic E-state index is 12.7. The molecule has 0 radical (unpaired) electrons. The van der Waals surface area contributed by atoms with Crippen LogP contribution in [0.1, 0.15) is 206 Å². The average molecular weight is 723 g/mol. The minimum absolute atomic E-state index is 0.0105. The van der Waals surface area contributed by atoms with Crippen LogP contribution in [0, 0.1) is 0 Å². The number of aliphatic hydroxyl groups is 1. The van der Waals surface area contributed by atoms with Gasteiger partial charge in [0.05, 0.1) is 13.2 Å². The van der Waals surface area contributed by atoms with E-state index in [9.17, 15) is 19.2 Å². The third-order valence-corrected chi connectivity index (χ3v) is 9.51. The highest BCUT2D eigenvalue weighted by atomic mass is 16.5. The summed E-state index contributed by atoms with van der Waals surface area (Å²) in [7, 11) is 0. The van der Waals surface area contributed by atoms with Crippen LogP contribution in [0.15, 0.2) is 12.2 Å². The smallest absolute Gasteiger partial charge is 0.328 e. The van der Waals surface area contributed by atoms with Crippen molar-refractivity contribution >= 4 is 23.8 Å². The van der Waals surface area contributed by atoms with Gasteiger partial charge in [0.1, 0.15) is 12.1 Å². The highest BCUT2D eigenvalue weighted by molar-refractivity contribution is 5.87. The highest BCUT2D eigenvalue weighted by Gasteiger charge is 2.19. The van der Waals surface area contributed by atoms with Crippen LogP contribution in [0.5, 0.6) is 0 Å². The molecule has 0 aromatic carbocycles. The van der Waals surface area contributed by atoms with E-state index in [0.29, 0.717) is 19.3 Å². The molecular formula is C42H78N2O7. The highest BCUT2D eigenvalue weighted by Crippen LogP contribution is 2.19. The number of carbonyl (C=O) groups is 4. The molecule has 0 aromatic rings. The van der Waals surface area contributed by atoms with Crippen molar-refractivity contribution in [3.8, 4) is 0 Å². The number of carbonyl (C=O) groups excluding carboxylic acids is 3. The predicted octanol–water partition coefficient (Wildman–Crippen LogP) is 9.88. The number of nitrogens with one attached hydrogen (secondary N) is 2. The second-order valence-corrected chi connectivity index (χ2v) is 14.4. The Hall–Kier alpha value is -2.42. The zero-order valence-electron chi connectivity index (χ0n) is 32.9. The number of rotatable bonds is 38. The molecule has 0 heterocycles. The molecule has 51 heavy (non-hydrogen) atoms.